The van der Waals surface area contributed by atoms with Crippen LogP contribution in [0.2, 0.25) is 0 Å². The average Bonchev–Trinajstić information content (AvgIpc) is 2.40. The number of hydrogen-bond acceptors (Lipinski definition) is 4. The molecule has 1 atom stereocenters. The number of hydrogen-bond donors (Lipinski definition) is 2. The SMILES string of the molecule is O=C(c1ccccc1)C1C(O)=CC=CN1CCO. The van der Waals surface area contributed by atoms with Crippen LogP contribution in [-0.2, 0) is 0 Å². The maximum Gasteiger partial charge on any atom is 0.192 e. The van der Waals surface area contributed by atoms with Crippen LogP contribution in [0.25, 0.3) is 0 Å². The third-order valence-electron chi connectivity index (χ3n) is 2.82. The zero-order valence-corrected chi connectivity index (χ0v) is 9.86. The van der Waals surface area contributed by atoms with E-state index in [1.54, 1.807) is 41.4 Å². The topological polar surface area (TPSA) is 60.8 Å². The summed E-state index contributed by atoms with van der Waals surface area (Å²) in [7, 11) is 0. The summed E-state index contributed by atoms with van der Waals surface area (Å²) >= 11 is 0. The van der Waals surface area contributed by atoms with Crippen molar-refractivity contribution in [3.63, 3.8) is 0 Å². The summed E-state index contributed by atoms with van der Waals surface area (Å²) in [5, 5.41) is 18.9. The van der Waals surface area contributed by atoms with Crippen molar-refractivity contribution in [1.29, 1.82) is 0 Å². The Kier molecular flexibility index (Phi) is 3.79. The van der Waals surface area contributed by atoms with Crippen LogP contribution in [0.1, 0.15) is 10.4 Å². The minimum atomic E-state index is -0.746. The maximum atomic E-state index is 12.3. The van der Waals surface area contributed by atoms with Gasteiger partial charge >= 0.3 is 0 Å². The molecule has 1 aromatic carbocycles. The van der Waals surface area contributed by atoms with Crippen LogP contribution in [0.4, 0.5) is 0 Å². The molecule has 0 spiro atoms. The van der Waals surface area contributed by atoms with E-state index < -0.39 is 6.04 Å². The summed E-state index contributed by atoms with van der Waals surface area (Å²) < 4.78 is 0. The highest BCUT2D eigenvalue weighted by Crippen LogP contribution is 2.18. The first kappa shape index (κ1) is 12.4. The predicted octanol–water partition coefficient (Wildman–Crippen LogP) is 1.50. The molecule has 2 N–H and O–H groups in total. The van der Waals surface area contributed by atoms with Gasteiger partial charge in [0.1, 0.15) is 11.8 Å². The first-order valence-electron chi connectivity index (χ1n) is 5.77. The fourth-order valence-electron chi connectivity index (χ4n) is 1.96. The standard InChI is InChI=1S/C14H15NO3/c16-10-9-15-8-4-7-12(17)13(15)14(18)11-5-2-1-3-6-11/h1-8,13,16-17H,9-10H2. The van der Waals surface area contributed by atoms with Crippen molar-refractivity contribution in [1.82, 2.24) is 4.90 Å². The van der Waals surface area contributed by atoms with Crippen molar-refractivity contribution < 1.29 is 15.0 Å². The van der Waals surface area contributed by atoms with Gasteiger partial charge in [-0.25, -0.2) is 0 Å². The molecule has 0 bridgehead atoms. The van der Waals surface area contributed by atoms with Crippen LogP contribution < -0.4 is 0 Å². The van der Waals surface area contributed by atoms with Crippen molar-refractivity contribution >= 4 is 5.78 Å². The van der Waals surface area contributed by atoms with Crippen molar-refractivity contribution in [3.8, 4) is 0 Å². The second-order valence-electron chi connectivity index (χ2n) is 4.03. The molecule has 1 unspecified atom stereocenters. The highest BCUT2D eigenvalue weighted by Gasteiger charge is 2.29. The fraction of sp³-hybridized carbons (Fsp3) is 0.214. The number of nitrogens with zero attached hydrogens (tertiary/aromatic N) is 1. The molecule has 0 fully saturated rings. The summed E-state index contributed by atoms with van der Waals surface area (Å²) in [5.74, 6) is -0.179. The fourth-order valence-corrected chi connectivity index (χ4v) is 1.96. The van der Waals surface area contributed by atoms with Gasteiger partial charge in [-0.15, -0.1) is 0 Å². The summed E-state index contributed by atoms with van der Waals surface area (Å²) in [4.78, 5) is 14.0. The van der Waals surface area contributed by atoms with Gasteiger partial charge in [-0.2, -0.15) is 0 Å². The van der Waals surface area contributed by atoms with E-state index in [-0.39, 0.29) is 18.1 Å². The maximum absolute atomic E-state index is 12.3. The van der Waals surface area contributed by atoms with Crippen LogP contribution in [0.5, 0.6) is 0 Å². The quantitative estimate of drug-likeness (QED) is 0.789. The van der Waals surface area contributed by atoms with Gasteiger partial charge in [0.2, 0.25) is 0 Å². The Morgan fingerprint density at radius 1 is 1.28 bits per heavy atom. The van der Waals surface area contributed by atoms with Crippen molar-refractivity contribution in [2.24, 2.45) is 0 Å². The first-order chi connectivity index (χ1) is 8.74. The number of aliphatic hydroxyl groups is 2. The molecule has 0 aromatic heterocycles. The zero-order chi connectivity index (χ0) is 13.0. The lowest BCUT2D eigenvalue weighted by Gasteiger charge is -2.30. The number of Topliss-reactive ketones (excluding diaryl/α,β-unsaturated/α-hetero) is 1. The van der Waals surface area contributed by atoms with Gasteiger partial charge in [-0.05, 0) is 12.2 Å². The molecular weight excluding hydrogens is 230 g/mol. The van der Waals surface area contributed by atoms with Gasteiger partial charge in [0.05, 0.1) is 6.61 Å². The van der Waals surface area contributed by atoms with Crippen molar-refractivity contribution in [2.45, 2.75) is 6.04 Å². The van der Waals surface area contributed by atoms with E-state index in [9.17, 15) is 9.90 Å². The predicted molar refractivity (Wildman–Crippen MR) is 68.2 cm³/mol. The van der Waals surface area contributed by atoms with Crippen LogP contribution >= 0.6 is 0 Å². The molecule has 2 rings (SSSR count). The number of β-amino-alcohol motifs (C(OH)–C–C–N with tert-alkyl or cyclic N) is 1. The lowest BCUT2D eigenvalue weighted by atomic mass is 9.99. The van der Waals surface area contributed by atoms with E-state index in [0.29, 0.717) is 12.1 Å². The molecule has 1 aliphatic heterocycles. The highest BCUT2D eigenvalue weighted by atomic mass is 16.3. The second-order valence-corrected chi connectivity index (χ2v) is 4.03. The second kappa shape index (κ2) is 5.51. The highest BCUT2D eigenvalue weighted by molar-refractivity contribution is 6.02. The van der Waals surface area contributed by atoms with E-state index in [4.69, 9.17) is 5.11 Å². The minimum Gasteiger partial charge on any atom is -0.510 e. The smallest absolute Gasteiger partial charge is 0.192 e. The molecule has 0 radical (unpaired) electrons. The minimum absolute atomic E-state index is 0.000182. The molecule has 1 aromatic rings. The number of aliphatic hydroxyl groups excluding tert-OH is 2. The van der Waals surface area contributed by atoms with E-state index in [0.717, 1.165) is 0 Å². The normalized spacial score (nSPS) is 18.6. The van der Waals surface area contributed by atoms with E-state index in [2.05, 4.69) is 0 Å². The van der Waals surface area contributed by atoms with Crippen LogP contribution in [0.15, 0.2) is 54.4 Å². The van der Waals surface area contributed by atoms with Crippen LogP contribution in [0, 0.1) is 0 Å². The molecule has 0 aliphatic carbocycles. The summed E-state index contributed by atoms with van der Waals surface area (Å²) in [6, 6.07) is 8.07. The Morgan fingerprint density at radius 3 is 2.67 bits per heavy atom. The lowest BCUT2D eigenvalue weighted by molar-refractivity contribution is 0.0839. The zero-order valence-electron chi connectivity index (χ0n) is 9.86. The number of ketones is 1. The molecule has 1 heterocycles. The molecule has 4 nitrogen and oxygen atoms in total. The van der Waals surface area contributed by atoms with Gasteiger partial charge in [-0.1, -0.05) is 30.3 Å². The van der Waals surface area contributed by atoms with Crippen molar-refractivity contribution in [3.05, 3.63) is 60.0 Å². The van der Waals surface area contributed by atoms with Gasteiger partial charge in [0.15, 0.2) is 5.78 Å². The summed E-state index contributed by atoms with van der Waals surface area (Å²) in [6.07, 6.45) is 4.85. The number of carbonyl (C=O) groups excluding carboxylic acids is 1. The Bertz CT molecular complexity index is 479. The molecule has 1 aliphatic rings. The van der Waals surface area contributed by atoms with Gasteiger partial charge in [0.25, 0.3) is 0 Å². The number of benzene rings is 1. The molecule has 94 valence electrons. The molecule has 4 heteroatoms. The summed E-state index contributed by atoms with van der Waals surface area (Å²) in [6.45, 7) is 0.230. The van der Waals surface area contributed by atoms with Gasteiger partial charge < -0.3 is 15.1 Å². The Labute approximate surface area is 105 Å². The third kappa shape index (κ3) is 2.43. The molecular formula is C14H15NO3. The lowest BCUT2D eigenvalue weighted by Crippen LogP contribution is -2.42. The molecule has 0 amide bonds. The van der Waals surface area contributed by atoms with E-state index in [1.165, 1.54) is 6.08 Å². The van der Waals surface area contributed by atoms with Crippen LogP contribution in [-0.4, -0.2) is 40.1 Å². The largest absolute Gasteiger partial charge is 0.510 e. The number of allylic oxidation sites excluding steroid dienone is 2. The van der Waals surface area contributed by atoms with Crippen molar-refractivity contribution in [2.75, 3.05) is 13.2 Å². The third-order valence-corrected chi connectivity index (χ3v) is 2.82. The average molecular weight is 245 g/mol. The Hall–Kier alpha value is -2.07. The monoisotopic (exact) mass is 245 g/mol. The first-order valence-corrected chi connectivity index (χ1v) is 5.77. The number of rotatable bonds is 4. The molecule has 18 heavy (non-hydrogen) atoms. The molecule has 0 saturated carbocycles. The van der Waals surface area contributed by atoms with Gasteiger partial charge in [-0.3, -0.25) is 4.79 Å². The van der Waals surface area contributed by atoms with E-state index >= 15 is 0 Å². The van der Waals surface area contributed by atoms with E-state index in [1.807, 2.05) is 6.07 Å². The van der Waals surface area contributed by atoms with Gasteiger partial charge in [0, 0.05) is 18.3 Å². The Morgan fingerprint density at radius 2 is 2.00 bits per heavy atom. The summed E-state index contributed by atoms with van der Waals surface area (Å²) in [5.41, 5.74) is 0.542. The molecule has 0 saturated heterocycles. The Balaban J connectivity index is 2.27. The number of carbonyl (C=O) groups is 1. The van der Waals surface area contributed by atoms with Crippen LogP contribution in [0.3, 0.4) is 0 Å².